The molecule has 1 aliphatic rings. The van der Waals surface area contributed by atoms with Crippen molar-refractivity contribution < 1.29 is 9.13 Å². The fourth-order valence-corrected chi connectivity index (χ4v) is 3.08. The summed E-state index contributed by atoms with van der Waals surface area (Å²) in [4.78, 5) is 0. The highest BCUT2D eigenvalue weighted by Crippen LogP contribution is 2.40. The van der Waals surface area contributed by atoms with Crippen LogP contribution in [0.2, 0.25) is 5.02 Å². The first-order valence-corrected chi connectivity index (χ1v) is 7.29. The van der Waals surface area contributed by atoms with Crippen LogP contribution < -0.4 is 4.74 Å². The van der Waals surface area contributed by atoms with Crippen molar-refractivity contribution in [2.24, 2.45) is 5.41 Å². The van der Waals surface area contributed by atoms with E-state index in [-0.39, 0.29) is 10.4 Å². The Labute approximate surface area is 114 Å². The van der Waals surface area contributed by atoms with E-state index in [9.17, 15) is 4.39 Å². The lowest BCUT2D eigenvalue weighted by Gasteiger charge is -2.26. The van der Waals surface area contributed by atoms with E-state index in [0.717, 1.165) is 5.33 Å². The van der Waals surface area contributed by atoms with Crippen molar-refractivity contribution in [3.8, 4) is 5.75 Å². The van der Waals surface area contributed by atoms with Crippen molar-refractivity contribution in [1.29, 1.82) is 0 Å². The maximum absolute atomic E-state index is 13.2. The van der Waals surface area contributed by atoms with Crippen molar-refractivity contribution in [3.05, 3.63) is 29.0 Å². The number of rotatable bonds is 4. The second kappa shape index (κ2) is 5.57. The van der Waals surface area contributed by atoms with E-state index >= 15 is 0 Å². The molecule has 0 aromatic heterocycles. The van der Waals surface area contributed by atoms with Gasteiger partial charge in [-0.1, -0.05) is 40.4 Å². The molecular weight excluding hydrogens is 306 g/mol. The topological polar surface area (TPSA) is 9.23 Å². The third kappa shape index (κ3) is 3.14. The van der Waals surface area contributed by atoms with E-state index in [1.54, 1.807) is 6.07 Å². The molecule has 0 atom stereocenters. The van der Waals surface area contributed by atoms with Crippen LogP contribution in [0.15, 0.2) is 18.2 Å². The molecule has 1 fully saturated rings. The number of benzene rings is 1. The van der Waals surface area contributed by atoms with Gasteiger partial charge < -0.3 is 4.74 Å². The fraction of sp³-hybridized carbons (Fsp3) is 0.538. The van der Waals surface area contributed by atoms with Gasteiger partial charge in [0.25, 0.3) is 0 Å². The summed E-state index contributed by atoms with van der Waals surface area (Å²) in [5.74, 6) is 0.127. The Morgan fingerprint density at radius 2 is 2.06 bits per heavy atom. The van der Waals surface area contributed by atoms with Crippen LogP contribution in [-0.4, -0.2) is 11.9 Å². The molecule has 1 aromatic carbocycles. The SMILES string of the molecule is Fc1cc(OCC2(CBr)CCCC2)ccc1Cl. The van der Waals surface area contributed by atoms with Crippen LogP contribution in [0.1, 0.15) is 25.7 Å². The van der Waals surface area contributed by atoms with Crippen molar-refractivity contribution in [3.63, 3.8) is 0 Å². The molecule has 0 bridgehead atoms. The fourth-order valence-electron chi connectivity index (χ4n) is 2.24. The monoisotopic (exact) mass is 320 g/mol. The minimum Gasteiger partial charge on any atom is -0.493 e. The molecular formula is C13H15BrClFO. The normalized spacial score (nSPS) is 18.3. The number of hydrogen-bond acceptors (Lipinski definition) is 1. The second-order valence-corrected chi connectivity index (χ2v) is 5.67. The van der Waals surface area contributed by atoms with Gasteiger partial charge in [-0.2, -0.15) is 0 Å². The number of ether oxygens (including phenoxy) is 1. The predicted molar refractivity (Wildman–Crippen MR) is 71.6 cm³/mol. The van der Waals surface area contributed by atoms with Crippen LogP contribution in [0.25, 0.3) is 0 Å². The van der Waals surface area contributed by atoms with Gasteiger partial charge in [0.1, 0.15) is 11.6 Å². The van der Waals surface area contributed by atoms with E-state index in [4.69, 9.17) is 16.3 Å². The Bertz CT molecular complexity index is 391. The third-order valence-corrected chi connectivity index (χ3v) is 4.88. The Balaban J connectivity index is 1.99. The minimum absolute atomic E-state index is 0.133. The Morgan fingerprint density at radius 1 is 1.35 bits per heavy atom. The van der Waals surface area contributed by atoms with E-state index in [0.29, 0.717) is 12.4 Å². The third-order valence-electron chi connectivity index (χ3n) is 3.38. The first-order chi connectivity index (χ1) is 8.15. The molecule has 0 heterocycles. The highest BCUT2D eigenvalue weighted by atomic mass is 79.9. The zero-order valence-electron chi connectivity index (χ0n) is 9.52. The Hall–Kier alpha value is -0.280. The van der Waals surface area contributed by atoms with Crippen LogP contribution in [-0.2, 0) is 0 Å². The van der Waals surface area contributed by atoms with Gasteiger partial charge in [0.2, 0.25) is 0 Å². The quantitative estimate of drug-likeness (QED) is 0.723. The summed E-state index contributed by atoms with van der Waals surface area (Å²) in [6, 6.07) is 4.59. The van der Waals surface area contributed by atoms with Crippen molar-refractivity contribution in [2.45, 2.75) is 25.7 Å². The molecule has 0 unspecified atom stereocenters. The van der Waals surface area contributed by atoms with E-state index < -0.39 is 5.82 Å². The van der Waals surface area contributed by atoms with Crippen LogP contribution in [0.3, 0.4) is 0 Å². The van der Waals surface area contributed by atoms with Gasteiger partial charge in [-0.05, 0) is 25.0 Å². The van der Waals surface area contributed by atoms with E-state index in [2.05, 4.69) is 15.9 Å². The van der Waals surface area contributed by atoms with E-state index in [1.165, 1.54) is 37.8 Å². The molecule has 1 aromatic rings. The summed E-state index contributed by atoms with van der Waals surface area (Å²) < 4.78 is 18.9. The van der Waals surface area contributed by atoms with Crippen molar-refractivity contribution >= 4 is 27.5 Å². The number of halogens is 3. The van der Waals surface area contributed by atoms with Gasteiger partial charge in [0, 0.05) is 16.8 Å². The standard InChI is InChI=1S/C13H15BrClFO/c14-8-13(5-1-2-6-13)9-17-10-3-4-11(15)12(16)7-10/h3-4,7H,1-2,5-6,8-9H2. The average Bonchev–Trinajstić information content (AvgIpc) is 2.80. The lowest BCUT2D eigenvalue weighted by atomic mass is 9.90. The average molecular weight is 322 g/mol. The summed E-state index contributed by atoms with van der Waals surface area (Å²) in [6.45, 7) is 0.638. The zero-order chi connectivity index (χ0) is 12.3. The lowest BCUT2D eigenvalue weighted by Crippen LogP contribution is -2.27. The molecule has 17 heavy (non-hydrogen) atoms. The minimum atomic E-state index is -0.427. The molecule has 0 amide bonds. The first kappa shape index (κ1) is 13.2. The maximum atomic E-state index is 13.2. The second-order valence-electron chi connectivity index (χ2n) is 4.71. The van der Waals surface area contributed by atoms with Gasteiger partial charge in [-0.3, -0.25) is 0 Å². The summed E-state index contributed by atoms with van der Waals surface area (Å²) in [6.07, 6.45) is 4.86. The molecule has 94 valence electrons. The smallest absolute Gasteiger partial charge is 0.145 e. The molecule has 4 heteroatoms. The molecule has 0 saturated heterocycles. The van der Waals surface area contributed by atoms with Gasteiger partial charge in [0.05, 0.1) is 11.6 Å². The molecule has 1 aliphatic carbocycles. The van der Waals surface area contributed by atoms with Gasteiger partial charge >= 0.3 is 0 Å². The molecule has 2 rings (SSSR count). The van der Waals surface area contributed by atoms with Crippen LogP contribution in [0.4, 0.5) is 4.39 Å². The molecule has 0 N–H and O–H groups in total. The Kier molecular flexibility index (Phi) is 4.31. The first-order valence-electron chi connectivity index (χ1n) is 5.79. The Morgan fingerprint density at radius 3 is 2.65 bits per heavy atom. The van der Waals surface area contributed by atoms with Crippen molar-refractivity contribution in [2.75, 3.05) is 11.9 Å². The molecule has 0 radical (unpaired) electrons. The van der Waals surface area contributed by atoms with Crippen molar-refractivity contribution in [1.82, 2.24) is 0 Å². The van der Waals surface area contributed by atoms with Gasteiger partial charge in [-0.25, -0.2) is 4.39 Å². The largest absolute Gasteiger partial charge is 0.493 e. The number of hydrogen-bond donors (Lipinski definition) is 0. The lowest BCUT2D eigenvalue weighted by molar-refractivity contribution is 0.173. The molecule has 1 saturated carbocycles. The predicted octanol–water partition coefficient (Wildman–Crippen LogP) is 4.81. The molecule has 1 nitrogen and oxygen atoms in total. The highest BCUT2D eigenvalue weighted by Gasteiger charge is 2.33. The van der Waals surface area contributed by atoms with Gasteiger partial charge in [0.15, 0.2) is 0 Å². The molecule has 0 aliphatic heterocycles. The zero-order valence-corrected chi connectivity index (χ0v) is 11.9. The summed E-state index contributed by atoms with van der Waals surface area (Å²) in [7, 11) is 0. The summed E-state index contributed by atoms with van der Waals surface area (Å²) >= 11 is 9.18. The number of alkyl halides is 1. The van der Waals surface area contributed by atoms with Gasteiger partial charge in [-0.15, -0.1) is 0 Å². The summed E-state index contributed by atoms with van der Waals surface area (Å²) in [5.41, 5.74) is 0.218. The van der Waals surface area contributed by atoms with E-state index in [1.807, 2.05) is 0 Å². The maximum Gasteiger partial charge on any atom is 0.145 e. The molecule has 0 spiro atoms. The summed E-state index contributed by atoms with van der Waals surface area (Å²) in [5, 5.41) is 1.07. The van der Waals surface area contributed by atoms with Crippen LogP contribution in [0.5, 0.6) is 5.75 Å². The van der Waals surface area contributed by atoms with Crippen LogP contribution >= 0.6 is 27.5 Å². The van der Waals surface area contributed by atoms with Crippen LogP contribution in [0, 0.1) is 11.2 Å². The highest BCUT2D eigenvalue weighted by molar-refractivity contribution is 9.09.